The third kappa shape index (κ3) is 4.70. The van der Waals surface area contributed by atoms with Gasteiger partial charge in [0.25, 0.3) is 5.91 Å². The summed E-state index contributed by atoms with van der Waals surface area (Å²) < 4.78 is 6.61. The molecule has 172 valence electrons. The highest BCUT2D eigenvalue weighted by atomic mass is 35.5. The van der Waals surface area contributed by atoms with Gasteiger partial charge in [0.05, 0.1) is 41.0 Å². The van der Waals surface area contributed by atoms with Crippen LogP contribution in [0.1, 0.15) is 50.5 Å². The number of hydrogen-bond acceptors (Lipinski definition) is 5. The van der Waals surface area contributed by atoms with Gasteiger partial charge in [-0.2, -0.15) is 5.10 Å². The Labute approximate surface area is 202 Å². The highest BCUT2D eigenvalue weighted by molar-refractivity contribution is 6.42. The van der Waals surface area contributed by atoms with Crippen LogP contribution in [-0.2, 0) is 17.8 Å². The van der Waals surface area contributed by atoms with Crippen molar-refractivity contribution in [3.63, 3.8) is 0 Å². The molecule has 1 atom stereocenters. The highest BCUT2D eigenvalue weighted by Gasteiger charge is 2.30. The van der Waals surface area contributed by atoms with E-state index in [4.69, 9.17) is 27.9 Å². The lowest BCUT2D eigenvalue weighted by Crippen LogP contribution is -2.29. The lowest BCUT2D eigenvalue weighted by molar-refractivity contribution is 0.0600. The Hall–Kier alpha value is -3.03. The number of halogens is 2. The summed E-state index contributed by atoms with van der Waals surface area (Å²) in [7, 11) is 1.34. The summed E-state index contributed by atoms with van der Waals surface area (Å²) in [6.45, 7) is 5.78. The first-order valence-corrected chi connectivity index (χ1v) is 11.3. The fourth-order valence-corrected chi connectivity index (χ4v) is 4.34. The number of amides is 1. The summed E-state index contributed by atoms with van der Waals surface area (Å²) in [6.07, 6.45) is 0. The summed E-state index contributed by atoms with van der Waals surface area (Å²) in [5.41, 5.74) is 3.58. The smallest absolute Gasteiger partial charge is 0.337 e. The number of esters is 1. The molecule has 0 unspecified atom stereocenters. The number of aryl methyl sites for hydroxylation is 1. The normalized spacial score (nSPS) is 13.5. The number of carbonyl (C=O) groups excluding carboxylic acids is 2. The minimum absolute atomic E-state index is 0.195. The van der Waals surface area contributed by atoms with Crippen LogP contribution in [0.25, 0.3) is 0 Å². The van der Waals surface area contributed by atoms with Gasteiger partial charge in [0, 0.05) is 13.1 Å². The predicted octanol–water partition coefficient (Wildman–Crippen LogP) is 4.80. The second kappa shape index (κ2) is 9.45. The van der Waals surface area contributed by atoms with Crippen LogP contribution in [0, 0.1) is 6.92 Å². The van der Waals surface area contributed by atoms with E-state index < -0.39 is 5.97 Å². The van der Waals surface area contributed by atoms with Crippen LogP contribution < -0.4 is 10.2 Å². The van der Waals surface area contributed by atoms with Crippen molar-refractivity contribution in [3.05, 3.63) is 80.5 Å². The first-order chi connectivity index (χ1) is 15.8. The number of carbonyl (C=O) groups is 2. The monoisotopic (exact) mass is 486 g/mol. The zero-order valence-corrected chi connectivity index (χ0v) is 20.1. The van der Waals surface area contributed by atoms with Gasteiger partial charge in [-0.25, -0.2) is 9.48 Å². The Morgan fingerprint density at radius 2 is 1.85 bits per heavy atom. The first-order valence-electron chi connectivity index (χ1n) is 10.5. The Morgan fingerprint density at radius 3 is 2.52 bits per heavy atom. The molecule has 7 nitrogen and oxygen atoms in total. The molecular weight excluding hydrogens is 463 g/mol. The number of nitrogens with one attached hydrogen (secondary N) is 1. The number of ether oxygens (including phenoxy) is 1. The Morgan fingerprint density at radius 1 is 1.12 bits per heavy atom. The number of aromatic nitrogens is 2. The van der Waals surface area contributed by atoms with Crippen molar-refractivity contribution in [2.24, 2.45) is 0 Å². The van der Waals surface area contributed by atoms with E-state index in [9.17, 15) is 9.59 Å². The van der Waals surface area contributed by atoms with Crippen molar-refractivity contribution in [3.8, 4) is 0 Å². The van der Waals surface area contributed by atoms with Crippen molar-refractivity contribution >= 4 is 40.9 Å². The fourth-order valence-electron chi connectivity index (χ4n) is 4.02. The maximum atomic E-state index is 13.3. The van der Waals surface area contributed by atoms with E-state index in [-0.39, 0.29) is 11.9 Å². The number of nitrogens with zero attached hydrogens (tertiary/aromatic N) is 3. The maximum Gasteiger partial charge on any atom is 0.337 e. The van der Waals surface area contributed by atoms with E-state index in [0.29, 0.717) is 40.0 Å². The minimum atomic E-state index is -0.397. The molecule has 0 spiro atoms. The van der Waals surface area contributed by atoms with Gasteiger partial charge in [0.1, 0.15) is 11.4 Å². The predicted molar refractivity (Wildman–Crippen MR) is 128 cm³/mol. The van der Waals surface area contributed by atoms with Crippen molar-refractivity contribution in [1.82, 2.24) is 15.1 Å². The van der Waals surface area contributed by atoms with Crippen LogP contribution in [-0.4, -0.2) is 35.3 Å². The molecule has 1 amide bonds. The minimum Gasteiger partial charge on any atom is -0.465 e. The Balaban J connectivity index is 1.53. The molecule has 4 rings (SSSR count). The molecule has 9 heteroatoms. The van der Waals surface area contributed by atoms with Crippen molar-refractivity contribution in [2.45, 2.75) is 33.0 Å². The molecule has 0 aliphatic carbocycles. The second-order valence-electron chi connectivity index (χ2n) is 7.99. The molecule has 0 saturated carbocycles. The molecule has 0 radical (unpaired) electrons. The van der Waals surface area contributed by atoms with Crippen LogP contribution in [0.4, 0.5) is 5.82 Å². The number of benzene rings is 2. The van der Waals surface area contributed by atoms with Crippen LogP contribution in [0.2, 0.25) is 10.0 Å². The van der Waals surface area contributed by atoms with E-state index >= 15 is 0 Å². The van der Waals surface area contributed by atoms with E-state index in [2.05, 4.69) is 15.3 Å². The van der Waals surface area contributed by atoms with Crippen LogP contribution >= 0.6 is 23.2 Å². The molecular formula is C24H24Cl2N4O3. The topological polar surface area (TPSA) is 76.5 Å². The zero-order valence-electron chi connectivity index (χ0n) is 18.6. The summed E-state index contributed by atoms with van der Waals surface area (Å²) in [4.78, 5) is 27.1. The van der Waals surface area contributed by atoms with Crippen LogP contribution in [0.3, 0.4) is 0 Å². The van der Waals surface area contributed by atoms with Crippen LogP contribution in [0.15, 0.2) is 42.5 Å². The SMILES string of the molecule is COC(=O)c1ccc([C@H](C)NC(=O)c2c(C)nn3c2N(Cc2ccc(Cl)c(Cl)c2)CC3)cc1. The van der Waals surface area contributed by atoms with Crippen molar-refractivity contribution in [1.29, 1.82) is 0 Å². The highest BCUT2D eigenvalue weighted by Crippen LogP contribution is 2.31. The van der Waals surface area contributed by atoms with E-state index in [1.807, 2.05) is 42.8 Å². The number of hydrogen-bond donors (Lipinski definition) is 1. The van der Waals surface area contributed by atoms with E-state index in [1.54, 1.807) is 18.2 Å². The molecule has 3 aromatic rings. The van der Waals surface area contributed by atoms with Gasteiger partial charge in [-0.3, -0.25) is 4.79 Å². The molecule has 1 aromatic heterocycles. The Bertz CT molecular complexity index is 1210. The molecule has 0 fully saturated rings. The molecule has 0 bridgehead atoms. The van der Waals surface area contributed by atoms with Crippen molar-refractivity contribution in [2.75, 3.05) is 18.6 Å². The van der Waals surface area contributed by atoms with Gasteiger partial charge in [0.15, 0.2) is 0 Å². The van der Waals surface area contributed by atoms with E-state index in [1.165, 1.54) is 7.11 Å². The van der Waals surface area contributed by atoms with Gasteiger partial charge in [-0.05, 0) is 49.2 Å². The average Bonchev–Trinajstić information content (AvgIpc) is 3.33. The molecule has 1 aliphatic heterocycles. The Kier molecular flexibility index (Phi) is 6.63. The van der Waals surface area contributed by atoms with Gasteiger partial charge in [-0.1, -0.05) is 41.4 Å². The molecule has 2 aromatic carbocycles. The largest absolute Gasteiger partial charge is 0.465 e. The van der Waals surface area contributed by atoms with Gasteiger partial charge < -0.3 is 15.0 Å². The number of anilines is 1. The lowest BCUT2D eigenvalue weighted by Gasteiger charge is -2.20. The first kappa shape index (κ1) is 23.1. The van der Waals surface area contributed by atoms with Gasteiger partial charge in [-0.15, -0.1) is 0 Å². The number of fused-ring (bicyclic) bond motifs is 1. The molecule has 33 heavy (non-hydrogen) atoms. The zero-order chi connectivity index (χ0) is 23.7. The molecule has 0 saturated heterocycles. The third-order valence-electron chi connectivity index (χ3n) is 5.75. The standard InChI is InChI=1S/C24H24Cl2N4O3/c1-14(17-5-7-18(8-6-17)24(32)33-3)27-22(31)21-15(2)28-30-11-10-29(23(21)30)13-16-4-9-19(25)20(26)12-16/h4-9,12,14H,10-11,13H2,1-3H3,(H,27,31)/t14-/m0/s1. The van der Waals surface area contributed by atoms with E-state index in [0.717, 1.165) is 23.5 Å². The maximum absolute atomic E-state index is 13.3. The second-order valence-corrected chi connectivity index (χ2v) is 8.80. The summed E-state index contributed by atoms with van der Waals surface area (Å²) in [5, 5.41) is 8.64. The number of methoxy groups -OCH3 is 1. The molecule has 2 heterocycles. The summed E-state index contributed by atoms with van der Waals surface area (Å²) >= 11 is 12.2. The third-order valence-corrected chi connectivity index (χ3v) is 6.48. The lowest BCUT2D eigenvalue weighted by atomic mass is 10.1. The number of rotatable bonds is 6. The quantitative estimate of drug-likeness (QED) is 0.506. The summed E-state index contributed by atoms with van der Waals surface area (Å²) in [6, 6.07) is 12.3. The van der Waals surface area contributed by atoms with Gasteiger partial charge in [0.2, 0.25) is 0 Å². The van der Waals surface area contributed by atoms with Crippen molar-refractivity contribution < 1.29 is 14.3 Å². The van der Waals surface area contributed by atoms with Gasteiger partial charge >= 0.3 is 5.97 Å². The molecule has 1 aliphatic rings. The fraction of sp³-hybridized carbons (Fsp3) is 0.292. The average molecular weight is 487 g/mol. The summed E-state index contributed by atoms with van der Waals surface area (Å²) in [5.74, 6) is 0.204. The van der Waals surface area contributed by atoms with Crippen LogP contribution in [0.5, 0.6) is 0 Å². The molecule has 1 N–H and O–H groups in total.